The van der Waals surface area contributed by atoms with E-state index in [-0.39, 0.29) is 5.69 Å². The van der Waals surface area contributed by atoms with Crippen molar-refractivity contribution in [3.63, 3.8) is 0 Å². The fourth-order valence-electron chi connectivity index (χ4n) is 2.66. The third kappa shape index (κ3) is 2.90. The summed E-state index contributed by atoms with van der Waals surface area (Å²) in [4.78, 5) is 22.4. The molecule has 0 spiro atoms. The number of nitrogens with zero attached hydrogens (tertiary/aromatic N) is 3. The second-order valence-electron chi connectivity index (χ2n) is 5.43. The lowest BCUT2D eigenvalue weighted by atomic mass is 10.2. The van der Waals surface area contributed by atoms with Gasteiger partial charge in [-0.05, 0) is 32.2 Å². The van der Waals surface area contributed by atoms with Gasteiger partial charge in [-0.25, -0.2) is 9.78 Å². The van der Waals surface area contributed by atoms with E-state index in [1.807, 2.05) is 0 Å². The molecule has 1 saturated heterocycles. The van der Waals surface area contributed by atoms with Crippen molar-refractivity contribution in [3.05, 3.63) is 18.1 Å². The Kier molecular flexibility index (Phi) is 3.82. The van der Waals surface area contributed by atoms with Crippen molar-refractivity contribution in [1.29, 1.82) is 0 Å². The van der Waals surface area contributed by atoms with Gasteiger partial charge in [0.25, 0.3) is 0 Å². The molecule has 1 saturated carbocycles. The van der Waals surface area contributed by atoms with Gasteiger partial charge in [0.15, 0.2) is 5.69 Å². The molecule has 1 atom stereocenters. The Bertz CT molecular complexity index is 484. The van der Waals surface area contributed by atoms with E-state index in [2.05, 4.69) is 20.2 Å². The molecule has 2 aliphatic rings. The molecule has 1 N–H and O–H groups in total. The molecule has 2 heterocycles. The third-order valence-electron chi connectivity index (χ3n) is 3.88. The second-order valence-corrected chi connectivity index (χ2v) is 5.43. The Balaban J connectivity index is 1.78. The topological polar surface area (TPSA) is 67.3 Å². The maximum absolute atomic E-state index is 11.6. The summed E-state index contributed by atoms with van der Waals surface area (Å²) in [7, 11) is 1.36. The van der Waals surface area contributed by atoms with Crippen LogP contribution in [0, 0.1) is 0 Å². The molecule has 1 aliphatic heterocycles. The van der Waals surface area contributed by atoms with Crippen LogP contribution in [0.4, 0.5) is 5.82 Å². The predicted octanol–water partition coefficient (Wildman–Crippen LogP) is 0.984. The Labute approximate surface area is 118 Å². The number of nitrogens with one attached hydrogen (secondary N) is 1. The van der Waals surface area contributed by atoms with Crippen LogP contribution in [0.5, 0.6) is 0 Å². The molecule has 1 unspecified atom stereocenters. The highest BCUT2D eigenvalue weighted by Crippen LogP contribution is 2.31. The van der Waals surface area contributed by atoms with Crippen LogP contribution in [0.2, 0.25) is 0 Å². The zero-order valence-corrected chi connectivity index (χ0v) is 11.7. The number of hydrogen-bond acceptors (Lipinski definition) is 6. The van der Waals surface area contributed by atoms with E-state index in [0.717, 1.165) is 18.9 Å². The van der Waals surface area contributed by atoms with Crippen molar-refractivity contribution in [2.24, 2.45) is 0 Å². The van der Waals surface area contributed by atoms with E-state index >= 15 is 0 Å². The molecule has 0 amide bonds. The molecule has 2 fully saturated rings. The number of hydrogen-bond donors (Lipinski definition) is 1. The highest BCUT2D eigenvalue weighted by Gasteiger charge is 2.32. The van der Waals surface area contributed by atoms with Crippen LogP contribution in [-0.2, 0) is 4.74 Å². The van der Waals surface area contributed by atoms with Crippen LogP contribution in [0.25, 0.3) is 0 Å². The van der Waals surface area contributed by atoms with Gasteiger partial charge < -0.3 is 15.0 Å². The smallest absolute Gasteiger partial charge is 0.358 e. The largest absolute Gasteiger partial charge is 0.464 e. The average molecular weight is 276 g/mol. The van der Waals surface area contributed by atoms with Gasteiger partial charge in [0.05, 0.1) is 19.5 Å². The normalized spacial score (nSPS) is 21.8. The minimum atomic E-state index is -0.436. The highest BCUT2D eigenvalue weighted by molar-refractivity contribution is 5.87. The first-order valence-electron chi connectivity index (χ1n) is 7.18. The van der Waals surface area contributed by atoms with Gasteiger partial charge >= 0.3 is 5.97 Å². The van der Waals surface area contributed by atoms with Gasteiger partial charge in [0.1, 0.15) is 5.82 Å². The van der Waals surface area contributed by atoms with Crippen molar-refractivity contribution in [2.75, 3.05) is 25.1 Å². The molecule has 1 aromatic heterocycles. The van der Waals surface area contributed by atoms with Crippen LogP contribution in [-0.4, -0.2) is 48.2 Å². The zero-order chi connectivity index (χ0) is 13.9. The second kappa shape index (κ2) is 5.75. The number of ether oxygens (including phenoxy) is 1. The van der Waals surface area contributed by atoms with Crippen molar-refractivity contribution in [2.45, 2.75) is 37.8 Å². The summed E-state index contributed by atoms with van der Waals surface area (Å²) in [5.41, 5.74) is 0.273. The number of anilines is 1. The van der Waals surface area contributed by atoms with Gasteiger partial charge in [-0.15, -0.1) is 0 Å². The van der Waals surface area contributed by atoms with Gasteiger partial charge in [-0.1, -0.05) is 0 Å². The number of esters is 1. The molecular formula is C14H20N4O2. The van der Waals surface area contributed by atoms with E-state index < -0.39 is 5.97 Å². The van der Waals surface area contributed by atoms with Crippen molar-refractivity contribution >= 4 is 11.8 Å². The number of rotatable bonds is 5. The van der Waals surface area contributed by atoms with Crippen molar-refractivity contribution in [1.82, 2.24) is 15.3 Å². The number of aromatic nitrogens is 2. The molecule has 0 aromatic carbocycles. The molecule has 108 valence electrons. The Hall–Kier alpha value is -1.69. The summed E-state index contributed by atoms with van der Waals surface area (Å²) in [6.07, 6.45) is 8.01. The fourth-order valence-corrected chi connectivity index (χ4v) is 2.66. The number of carbonyl (C=O) groups excluding carboxylic acids is 1. The fraction of sp³-hybridized carbons (Fsp3) is 0.643. The maximum atomic E-state index is 11.6. The first kappa shape index (κ1) is 13.3. The van der Waals surface area contributed by atoms with E-state index in [4.69, 9.17) is 4.74 Å². The first-order chi connectivity index (χ1) is 9.78. The lowest BCUT2D eigenvalue weighted by molar-refractivity contribution is 0.0593. The zero-order valence-electron chi connectivity index (χ0n) is 11.7. The molecule has 0 radical (unpaired) electrons. The minimum Gasteiger partial charge on any atom is -0.464 e. The van der Waals surface area contributed by atoms with Gasteiger partial charge in [-0.3, -0.25) is 4.98 Å². The van der Waals surface area contributed by atoms with Crippen molar-refractivity contribution in [3.8, 4) is 0 Å². The monoisotopic (exact) mass is 276 g/mol. The summed E-state index contributed by atoms with van der Waals surface area (Å²) in [5, 5.41) is 3.51. The van der Waals surface area contributed by atoms with Crippen LogP contribution >= 0.6 is 0 Å². The lowest BCUT2D eigenvalue weighted by Crippen LogP contribution is -2.39. The van der Waals surface area contributed by atoms with Crippen LogP contribution in [0.15, 0.2) is 12.4 Å². The Morgan fingerprint density at radius 2 is 2.30 bits per heavy atom. The standard InChI is InChI=1S/C14H20N4O2/c1-20-14(19)12-7-15-8-13(17-12)18(11-4-5-11)9-10-3-2-6-16-10/h7-8,10-11,16H,2-6,9H2,1H3. The molecule has 6 heteroatoms. The van der Waals surface area contributed by atoms with Gasteiger partial charge in [0, 0.05) is 18.6 Å². The Morgan fingerprint density at radius 1 is 1.45 bits per heavy atom. The van der Waals surface area contributed by atoms with Crippen LogP contribution in [0.1, 0.15) is 36.2 Å². The molecule has 20 heavy (non-hydrogen) atoms. The molecule has 1 aromatic rings. The van der Waals surface area contributed by atoms with E-state index in [1.165, 1.54) is 39.0 Å². The summed E-state index contributed by atoms with van der Waals surface area (Å²) < 4.78 is 4.71. The summed E-state index contributed by atoms with van der Waals surface area (Å²) in [5.74, 6) is 0.346. The SMILES string of the molecule is COC(=O)c1cncc(N(CC2CCCN2)C2CC2)n1. The molecule has 0 bridgehead atoms. The van der Waals surface area contributed by atoms with Crippen LogP contribution < -0.4 is 10.2 Å². The first-order valence-corrected chi connectivity index (χ1v) is 7.18. The maximum Gasteiger partial charge on any atom is 0.358 e. The predicted molar refractivity (Wildman–Crippen MR) is 74.8 cm³/mol. The summed E-state index contributed by atoms with van der Waals surface area (Å²) >= 11 is 0. The minimum absolute atomic E-state index is 0.273. The van der Waals surface area contributed by atoms with Gasteiger partial charge in [0.2, 0.25) is 0 Å². The molecular weight excluding hydrogens is 256 g/mol. The quantitative estimate of drug-likeness (QED) is 0.809. The van der Waals surface area contributed by atoms with E-state index in [0.29, 0.717) is 12.1 Å². The highest BCUT2D eigenvalue weighted by atomic mass is 16.5. The Morgan fingerprint density at radius 3 is 2.95 bits per heavy atom. The molecule has 6 nitrogen and oxygen atoms in total. The van der Waals surface area contributed by atoms with Crippen molar-refractivity contribution < 1.29 is 9.53 Å². The van der Waals surface area contributed by atoms with E-state index in [1.54, 1.807) is 6.20 Å². The van der Waals surface area contributed by atoms with Crippen LogP contribution in [0.3, 0.4) is 0 Å². The number of methoxy groups -OCH3 is 1. The summed E-state index contributed by atoms with van der Waals surface area (Å²) in [6, 6.07) is 1.05. The lowest BCUT2D eigenvalue weighted by Gasteiger charge is -2.26. The average Bonchev–Trinajstić information content (AvgIpc) is 3.20. The molecule has 3 rings (SSSR count). The third-order valence-corrected chi connectivity index (χ3v) is 3.88. The molecule has 1 aliphatic carbocycles. The van der Waals surface area contributed by atoms with E-state index in [9.17, 15) is 4.79 Å². The van der Waals surface area contributed by atoms with Gasteiger partial charge in [-0.2, -0.15) is 0 Å². The number of carbonyl (C=O) groups is 1. The summed E-state index contributed by atoms with van der Waals surface area (Å²) in [6.45, 7) is 2.03.